The standard InChI is InChI=1S/C15H21F2N3O2/c1-10(2)22-13-5-11(6-19-8-13)14(21)20-7-12-3-4-18-9-15(12,16)17/h5-6,8,10,12,18H,3-4,7,9H2,1-2H3,(H,20,21). The van der Waals surface area contributed by atoms with Crippen LogP contribution in [0.25, 0.3) is 0 Å². The van der Waals surface area contributed by atoms with Crippen molar-refractivity contribution in [1.29, 1.82) is 0 Å². The summed E-state index contributed by atoms with van der Waals surface area (Å²) in [7, 11) is 0. The number of carbonyl (C=O) groups excluding carboxylic acids is 1. The number of alkyl halides is 2. The topological polar surface area (TPSA) is 63.2 Å². The molecule has 0 aromatic carbocycles. The van der Waals surface area contributed by atoms with Gasteiger partial charge >= 0.3 is 0 Å². The zero-order valence-corrected chi connectivity index (χ0v) is 12.7. The van der Waals surface area contributed by atoms with Crippen LogP contribution in [0.5, 0.6) is 5.75 Å². The summed E-state index contributed by atoms with van der Waals surface area (Å²) in [5, 5.41) is 5.22. The summed E-state index contributed by atoms with van der Waals surface area (Å²) in [6, 6.07) is 1.56. The first-order valence-corrected chi connectivity index (χ1v) is 7.37. The zero-order valence-electron chi connectivity index (χ0n) is 12.7. The molecule has 1 aliphatic heterocycles. The molecular formula is C15H21F2N3O2. The Morgan fingerprint density at radius 1 is 1.55 bits per heavy atom. The molecule has 1 atom stereocenters. The average Bonchev–Trinajstić information content (AvgIpc) is 2.45. The third-order valence-electron chi connectivity index (χ3n) is 3.48. The molecule has 122 valence electrons. The van der Waals surface area contributed by atoms with Gasteiger partial charge in [-0.2, -0.15) is 0 Å². The maximum absolute atomic E-state index is 13.7. The summed E-state index contributed by atoms with van der Waals surface area (Å²) in [5.41, 5.74) is 0.301. The van der Waals surface area contributed by atoms with Gasteiger partial charge in [-0.1, -0.05) is 0 Å². The van der Waals surface area contributed by atoms with Crippen molar-refractivity contribution in [1.82, 2.24) is 15.6 Å². The quantitative estimate of drug-likeness (QED) is 0.871. The van der Waals surface area contributed by atoms with Crippen LogP contribution in [-0.4, -0.2) is 42.6 Å². The van der Waals surface area contributed by atoms with Gasteiger partial charge in [-0.05, 0) is 32.9 Å². The molecular weight excluding hydrogens is 292 g/mol. The van der Waals surface area contributed by atoms with E-state index in [4.69, 9.17) is 4.74 Å². The predicted octanol–water partition coefficient (Wildman–Crippen LogP) is 1.84. The lowest BCUT2D eigenvalue weighted by Crippen LogP contribution is -2.50. The monoisotopic (exact) mass is 313 g/mol. The van der Waals surface area contributed by atoms with E-state index in [9.17, 15) is 13.6 Å². The summed E-state index contributed by atoms with van der Waals surface area (Å²) < 4.78 is 32.8. The average molecular weight is 313 g/mol. The molecule has 2 heterocycles. The minimum absolute atomic E-state index is 0.0338. The largest absolute Gasteiger partial charge is 0.489 e. The molecule has 1 aromatic heterocycles. The van der Waals surface area contributed by atoms with E-state index in [0.29, 0.717) is 24.3 Å². The Balaban J connectivity index is 1.94. The summed E-state index contributed by atoms with van der Waals surface area (Å²) in [5.74, 6) is -3.58. The Kier molecular flexibility index (Phi) is 5.28. The lowest BCUT2D eigenvalue weighted by atomic mass is 9.94. The maximum Gasteiger partial charge on any atom is 0.264 e. The number of hydrogen-bond acceptors (Lipinski definition) is 4. The Hall–Kier alpha value is -1.76. The number of piperidine rings is 1. The smallest absolute Gasteiger partial charge is 0.264 e. The Morgan fingerprint density at radius 3 is 3.00 bits per heavy atom. The minimum atomic E-state index is -2.80. The van der Waals surface area contributed by atoms with E-state index in [1.807, 2.05) is 13.8 Å². The summed E-state index contributed by atoms with van der Waals surface area (Å²) in [6.45, 7) is 3.88. The van der Waals surface area contributed by atoms with E-state index in [-0.39, 0.29) is 19.2 Å². The van der Waals surface area contributed by atoms with E-state index < -0.39 is 17.7 Å². The second-order valence-corrected chi connectivity index (χ2v) is 5.71. The number of carbonyl (C=O) groups is 1. The molecule has 0 aliphatic carbocycles. The van der Waals surface area contributed by atoms with Gasteiger partial charge in [-0.15, -0.1) is 0 Å². The summed E-state index contributed by atoms with van der Waals surface area (Å²) in [6.07, 6.45) is 3.21. The molecule has 7 heteroatoms. The molecule has 0 spiro atoms. The van der Waals surface area contributed by atoms with Crippen molar-refractivity contribution in [2.24, 2.45) is 5.92 Å². The van der Waals surface area contributed by atoms with Crippen LogP contribution in [0.1, 0.15) is 30.6 Å². The van der Waals surface area contributed by atoms with Crippen molar-refractivity contribution in [3.63, 3.8) is 0 Å². The Labute approximate surface area is 128 Å². The number of nitrogens with one attached hydrogen (secondary N) is 2. The Morgan fingerprint density at radius 2 is 2.32 bits per heavy atom. The van der Waals surface area contributed by atoms with Crippen LogP contribution in [0.2, 0.25) is 0 Å². The van der Waals surface area contributed by atoms with Gasteiger partial charge in [0.15, 0.2) is 0 Å². The van der Waals surface area contributed by atoms with Gasteiger partial charge in [-0.25, -0.2) is 8.78 Å². The second-order valence-electron chi connectivity index (χ2n) is 5.71. The van der Waals surface area contributed by atoms with Crippen LogP contribution in [0.15, 0.2) is 18.5 Å². The zero-order chi connectivity index (χ0) is 16.2. The predicted molar refractivity (Wildman–Crippen MR) is 78.3 cm³/mol. The number of nitrogens with zero attached hydrogens (tertiary/aromatic N) is 1. The molecule has 1 amide bonds. The fourth-order valence-corrected chi connectivity index (χ4v) is 2.34. The van der Waals surface area contributed by atoms with Crippen LogP contribution in [-0.2, 0) is 0 Å². The molecule has 5 nitrogen and oxygen atoms in total. The van der Waals surface area contributed by atoms with Gasteiger partial charge in [-0.3, -0.25) is 9.78 Å². The number of halogens is 2. The highest BCUT2D eigenvalue weighted by Gasteiger charge is 2.41. The highest BCUT2D eigenvalue weighted by Crippen LogP contribution is 2.28. The van der Waals surface area contributed by atoms with Crippen LogP contribution in [0.3, 0.4) is 0 Å². The lowest BCUT2D eigenvalue weighted by molar-refractivity contribution is -0.0712. The normalized spacial score (nSPS) is 20.7. The third-order valence-corrected chi connectivity index (χ3v) is 3.48. The van der Waals surface area contributed by atoms with Crippen LogP contribution in [0.4, 0.5) is 8.78 Å². The molecule has 0 bridgehead atoms. The highest BCUT2D eigenvalue weighted by molar-refractivity contribution is 5.94. The summed E-state index contributed by atoms with van der Waals surface area (Å²) in [4.78, 5) is 16.0. The van der Waals surface area contributed by atoms with Crippen molar-refractivity contribution in [3.8, 4) is 5.75 Å². The number of ether oxygens (including phenoxy) is 1. The first-order chi connectivity index (χ1) is 10.4. The van der Waals surface area contributed by atoms with Crippen LogP contribution >= 0.6 is 0 Å². The third kappa shape index (κ3) is 4.37. The number of aromatic nitrogens is 1. The molecule has 2 rings (SSSR count). The van der Waals surface area contributed by atoms with E-state index >= 15 is 0 Å². The van der Waals surface area contributed by atoms with Crippen molar-refractivity contribution in [3.05, 3.63) is 24.0 Å². The number of rotatable bonds is 5. The van der Waals surface area contributed by atoms with Crippen LogP contribution in [0, 0.1) is 5.92 Å². The van der Waals surface area contributed by atoms with Crippen LogP contribution < -0.4 is 15.4 Å². The number of amides is 1. The van der Waals surface area contributed by atoms with E-state index in [0.717, 1.165) is 0 Å². The van der Waals surface area contributed by atoms with Gasteiger partial charge in [0, 0.05) is 18.7 Å². The molecule has 1 aliphatic rings. The second kappa shape index (κ2) is 7.00. The molecule has 1 saturated heterocycles. The van der Waals surface area contributed by atoms with Gasteiger partial charge in [0.2, 0.25) is 0 Å². The van der Waals surface area contributed by atoms with Gasteiger partial charge < -0.3 is 15.4 Å². The van der Waals surface area contributed by atoms with Crippen molar-refractivity contribution < 1.29 is 18.3 Å². The summed E-state index contributed by atoms with van der Waals surface area (Å²) >= 11 is 0. The van der Waals surface area contributed by atoms with Gasteiger partial charge in [0.1, 0.15) is 5.75 Å². The molecule has 22 heavy (non-hydrogen) atoms. The molecule has 0 saturated carbocycles. The molecule has 1 fully saturated rings. The first kappa shape index (κ1) is 16.6. The van der Waals surface area contributed by atoms with E-state index in [1.54, 1.807) is 6.07 Å². The van der Waals surface area contributed by atoms with Crippen molar-refractivity contribution >= 4 is 5.91 Å². The maximum atomic E-state index is 13.7. The number of pyridine rings is 1. The first-order valence-electron chi connectivity index (χ1n) is 7.37. The van der Waals surface area contributed by atoms with E-state index in [1.165, 1.54) is 12.4 Å². The molecule has 1 unspecified atom stereocenters. The fourth-order valence-electron chi connectivity index (χ4n) is 2.34. The SMILES string of the molecule is CC(C)Oc1cncc(C(=O)NCC2CCNCC2(F)F)c1. The van der Waals surface area contributed by atoms with E-state index in [2.05, 4.69) is 15.6 Å². The van der Waals surface area contributed by atoms with Crippen molar-refractivity contribution in [2.75, 3.05) is 19.6 Å². The molecule has 1 aromatic rings. The fraction of sp³-hybridized carbons (Fsp3) is 0.600. The minimum Gasteiger partial charge on any atom is -0.489 e. The van der Waals surface area contributed by atoms with Gasteiger partial charge in [0.25, 0.3) is 11.8 Å². The molecule has 2 N–H and O–H groups in total. The number of hydrogen-bond donors (Lipinski definition) is 2. The van der Waals surface area contributed by atoms with Gasteiger partial charge in [0.05, 0.1) is 24.4 Å². The molecule has 0 radical (unpaired) electrons. The Bertz CT molecular complexity index is 523. The van der Waals surface area contributed by atoms with Crippen molar-refractivity contribution in [2.45, 2.75) is 32.3 Å². The highest BCUT2D eigenvalue weighted by atomic mass is 19.3. The lowest BCUT2D eigenvalue weighted by Gasteiger charge is -2.31.